The van der Waals surface area contributed by atoms with Crippen molar-refractivity contribution in [2.45, 2.75) is 0 Å². The van der Waals surface area contributed by atoms with Crippen molar-refractivity contribution in [3.05, 3.63) is 17.5 Å². The quantitative estimate of drug-likeness (QED) is 0.582. The lowest BCUT2D eigenvalue weighted by Crippen LogP contribution is -1.91. The highest BCUT2D eigenvalue weighted by Gasteiger charge is 1.95. The molecular weight excluding hydrogens is 170 g/mol. The Bertz CT molecular complexity index is 174. The van der Waals surface area contributed by atoms with Crippen molar-refractivity contribution < 1.29 is 0 Å². The molecule has 43 valence electrons. The van der Waals surface area contributed by atoms with Crippen LogP contribution >= 0.6 is 15.9 Å². The summed E-state index contributed by atoms with van der Waals surface area (Å²) in [5, 5.41) is 3.87. The highest BCUT2D eigenvalue weighted by Crippen LogP contribution is 2.00. The lowest BCUT2D eigenvalue weighted by molar-refractivity contribution is 0.744. The van der Waals surface area contributed by atoms with Crippen LogP contribution in [0.25, 0.3) is 0 Å². The maximum Gasteiger partial charge on any atom is 0.217 e. The van der Waals surface area contributed by atoms with E-state index in [-0.39, 0.29) is 0 Å². The van der Waals surface area contributed by atoms with Crippen molar-refractivity contribution in [3.63, 3.8) is 0 Å². The summed E-state index contributed by atoms with van der Waals surface area (Å²) in [5.41, 5.74) is 0. The first-order chi connectivity index (χ1) is 3.70. The zero-order valence-electron chi connectivity index (χ0n) is 4.43. The van der Waals surface area contributed by atoms with Gasteiger partial charge in [-0.2, -0.15) is 0 Å². The molecule has 0 aromatic carbocycles. The molecule has 0 aliphatic heterocycles. The van der Waals surface area contributed by atoms with Crippen molar-refractivity contribution in [1.82, 2.24) is 14.8 Å². The van der Waals surface area contributed by atoms with Gasteiger partial charge < -0.3 is 0 Å². The van der Waals surface area contributed by atoms with Crippen molar-refractivity contribution in [2.75, 3.05) is 0 Å². The minimum absolute atomic E-state index is 0.588. The molecule has 0 amide bonds. The molecule has 0 fully saturated rings. The summed E-state index contributed by atoms with van der Waals surface area (Å²) in [5.74, 6) is 0.664. The summed E-state index contributed by atoms with van der Waals surface area (Å²) in [7, 11) is 1.79. The average Bonchev–Trinajstić information content (AvgIpc) is 1.85. The van der Waals surface area contributed by atoms with Gasteiger partial charge in [0.15, 0.2) is 0 Å². The summed E-state index contributed by atoms with van der Waals surface area (Å²) in [6, 6.07) is 0. The number of aromatic nitrogens is 3. The third kappa shape index (κ3) is 0.888. The SMILES string of the molecule is [CH2]c1nc(Br)nn1C. The number of hydrogen-bond acceptors (Lipinski definition) is 2. The Hall–Kier alpha value is -0.380. The molecule has 1 rings (SSSR count). The Labute approximate surface area is 55.9 Å². The van der Waals surface area contributed by atoms with Crippen LogP contribution in [-0.4, -0.2) is 14.8 Å². The number of halogens is 1. The Morgan fingerprint density at radius 2 is 2.38 bits per heavy atom. The molecule has 1 aromatic rings. The topological polar surface area (TPSA) is 30.7 Å². The summed E-state index contributed by atoms with van der Waals surface area (Å²) in [6.45, 7) is 3.60. The fourth-order valence-electron chi connectivity index (χ4n) is 0.383. The van der Waals surface area contributed by atoms with Gasteiger partial charge in [-0.05, 0) is 15.9 Å². The second-order valence-corrected chi connectivity index (χ2v) is 2.13. The number of hydrogen-bond donors (Lipinski definition) is 0. The second-order valence-electron chi connectivity index (χ2n) is 1.42. The maximum atomic E-state index is 3.87. The number of aryl methyl sites for hydroxylation is 1. The second kappa shape index (κ2) is 1.85. The van der Waals surface area contributed by atoms with E-state index in [1.165, 1.54) is 0 Å². The minimum atomic E-state index is 0.588. The summed E-state index contributed by atoms with van der Waals surface area (Å²) in [6.07, 6.45) is 0. The van der Waals surface area contributed by atoms with Gasteiger partial charge in [-0.25, -0.2) is 4.98 Å². The zero-order valence-corrected chi connectivity index (χ0v) is 6.01. The third-order valence-corrected chi connectivity index (χ3v) is 1.16. The summed E-state index contributed by atoms with van der Waals surface area (Å²) >= 11 is 3.10. The van der Waals surface area contributed by atoms with Gasteiger partial charge in [0.25, 0.3) is 0 Å². The van der Waals surface area contributed by atoms with E-state index in [0.717, 1.165) is 0 Å². The first-order valence-electron chi connectivity index (χ1n) is 2.08. The first-order valence-corrected chi connectivity index (χ1v) is 2.88. The van der Waals surface area contributed by atoms with Crippen molar-refractivity contribution in [1.29, 1.82) is 0 Å². The standard InChI is InChI=1S/C4H5BrN3/c1-3-6-4(5)7-8(3)2/h1H2,2H3. The summed E-state index contributed by atoms with van der Waals surface area (Å²) in [4.78, 5) is 3.87. The maximum absolute atomic E-state index is 3.87. The highest BCUT2D eigenvalue weighted by atomic mass is 79.9. The number of rotatable bonds is 0. The van der Waals surface area contributed by atoms with Crippen molar-refractivity contribution >= 4 is 15.9 Å². The highest BCUT2D eigenvalue weighted by molar-refractivity contribution is 9.10. The molecule has 0 bridgehead atoms. The van der Waals surface area contributed by atoms with Crippen molar-refractivity contribution in [3.8, 4) is 0 Å². The molecule has 0 spiro atoms. The predicted molar refractivity (Wildman–Crippen MR) is 33.2 cm³/mol. The van der Waals surface area contributed by atoms with Crippen molar-refractivity contribution in [2.24, 2.45) is 7.05 Å². The summed E-state index contributed by atoms with van der Waals surface area (Å²) < 4.78 is 2.19. The van der Waals surface area contributed by atoms with E-state index in [1.54, 1.807) is 11.7 Å². The largest absolute Gasteiger partial charge is 0.252 e. The Kier molecular flexibility index (Phi) is 1.33. The van der Waals surface area contributed by atoms with E-state index in [9.17, 15) is 0 Å². The predicted octanol–water partition coefficient (Wildman–Crippen LogP) is 0.760. The molecule has 0 atom stereocenters. The molecule has 4 heteroatoms. The molecule has 1 aromatic heterocycles. The van der Waals surface area contributed by atoms with Crippen LogP contribution in [0.3, 0.4) is 0 Å². The normalized spacial score (nSPS) is 9.88. The van der Waals surface area contributed by atoms with Crippen LogP contribution in [0.2, 0.25) is 0 Å². The van der Waals surface area contributed by atoms with Crippen LogP contribution < -0.4 is 0 Å². The smallest absolute Gasteiger partial charge is 0.217 e. The lowest BCUT2D eigenvalue weighted by Gasteiger charge is -1.84. The monoisotopic (exact) mass is 174 g/mol. The molecule has 3 nitrogen and oxygen atoms in total. The minimum Gasteiger partial charge on any atom is -0.252 e. The van der Waals surface area contributed by atoms with E-state index >= 15 is 0 Å². The van der Waals surface area contributed by atoms with E-state index in [0.29, 0.717) is 10.6 Å². The molecule has 8 heavy (non-hydrogen) atoms. The zero-order chi connectivity index (χ0) is 6.15. The van der Waals surface area contributed by atoms with Crippen LogP contribution in [0.4, 0.5) is 0 Å². The lowest BCUT2D eigenvalue weighted by atomic mass is 10.7. The third-order valence-electron chi connectivity index (χ3n) is 0.827. The van der Waals surface area contributed by atoms with Gasteiger partial charge in [-0.1, -0.05) is 0 Å². The van der Waals surface area contributed by atoms with Crippen LogP contribution in [0.5, 0.6) is 0 Å². The molecule has 1 radical (unpaired) electrons. The van der Waals surface area contributed by atoms with Crippen LogP contribution in [0.1, 0.15) is 5.82 Å². The van der Waals surface area contributed by atoms with E-state index < -0.39 is 0 Å². The van der Waals surface area contributed by atoms with Gasteiger partial charge >= 0.3 is 0 Å². The Balaban J connectivity index is 3.14. The fourth-order valence-corrected chi connectivity index (χ4v) is 0.825. The average molecular weight is 175 g/mol. The molecule has 0 N–H and O–H groups in total. The van der Waals surface area contributed by atoms with Crippen LogP contribution in [0.15, 0.2) is 4.73 Å². The van der Waals surface area contributed by atoms with Gasteiger partial charge in [0.05, 0.1) is 0 Å². The van der Waals surface area contributed by atoms with Gasteiger partial charge in [-0.3, -0.25) is 4.68 Å². The molecule has 0 saturated carbocycles. The van der Waals surface area contributed by atoms with Crippen LogP contribution in [-0.2, 0) is 7.05 Å². The Morgan fingerprint density at radius 1 is 1.75 bits per heavy atom. The molecule has 0 unspecified atom stereocenters. The van der Waals surface area contributed by atoms with E-state index in [4.69, 9.17) is 0 Å². The van der Waals surface area contributed by atoms with E-state index in [1.807, 2.05) is 0 Å². The first kappa shape index (κ1) is 5.75. The Morgan fingerprint density at radius 3 is 2.50 bits per heavy atom. The molecule has 0 saturated heterocycles. The van der Waals surface area contributed by atoms with Crippen LogP contribution in [0, 0.1) is 6.92 Å². The molecule has 0 aliphatic rings. The van der Waals surface area contributed by atoms with Gasteiger partial charge in [0, 0.05) is 14.0 Å². The van der Waals surface area contributed by atoms with Gasteiger partial charge in [0.1, 0.15) is 5.82 Å². The fraction of sp³-hybridized carbons (Fsp3) is 0.250. The van der Waals surface area contributed by atoms with Gasteiger partial charge in [-0.15, -0.1) is 5.10 Å². The van der Waals surface area contributed by atoms with E-state index in [2.05, 4.69) is 32.9 Å². The number of nitrogens with zero attached hydrogens (tertiary/aromatic N) is 3. The molecule has 0 aliphatic carbocycles. The molecular formula is C4H5BrN3. The molecule has 1 heterocycles. The van der Waals surface area contributed by atoms with Gasteiger partial charge in [0.2, 0.25) is 4.73 Å².